The molecule has 7 nitrogen and oxygen atoms in total. The first-order chi connectivity index (χ1) is 14.5. The van der Waals surface area contributed by atoms with Crippen molar-refractivity contribution in [1.29, 1.82) is 0 Å². The van der Waals surface area contributed by atoms with Crippen molar-refractivity contribution in [1.82, 2.24) is 5.32 Å². The Bertz CT molecular complexity index is 907. The molecule has 2 amide bonds. The Morgan fingerprint density at radius 2 is 2.03 bits per heavy atom. The average molecular weight is 420 g/mol. The molecule has 1 N–H and O–H groups in total. The van der Waals surface area contributed by atoms with E-state index in [1.165, 1.54) is 13.2 Å². The second-order valence-corrected chi connectivity index (χ2v) is 6.52. The van der Waals surface area contributed by atoms with Crippen LogP contribution in [0.2, 0.25) is 0 Å². The van der Waals surface area contributed by atoms with Gasteiger partial charge < -0.3 is 24.4 Å². The number of para-hydroxylation sites is 2. The third-order valence-corrected chi connectivity index (χ3v) is 4.55. The van der Waals surface area contributed by atoms with Crippen molar-refractivity contribution < 1.29 is 32.6 Å². The summed E-state index contributed by atoms with van der Waals surface area (Å²) in [5.74, 6) is 0.376. The highest BCUT2D eigenvalue weighted by atomic mass is 19.3. The molecule has 30 heavy (non-hydrogen) atoms. The largest absolute Gasteiger partial charge is 0.493 e. The van der Waals surface area contributed by atoms with Gasteiger partial charge in [0.05, 0.1) is 12.8 Å². The topological polar surface area (TPSA) is 77.1 Å². The number of ether oxygens (including phenoxy) is 3. The number of methoxy groups -OCH3 is 1. The molecule has 0 radical (unpaired) electrons. The standard InChI is InChI=1S/C21H22F2N2O5/c1-28-18-12-14(6-7-17(18)30-21(22)23)8-10-24-19(26)9-11-25-15-4-2-3-5-16(15)29-13-20(25)27/h2-7,12,21H,8-11,13H2,1H3,(H,24,26). The molecule has 0 aliphatic carbocycles. The van der Waals surface area contributed by atoms with Crippen LogP contribution in [-0.4, -0.2) is 45.2 Å². The van der Waals surface area contributed by atoms with E-state index < -0.39 is 6.61 Å². The minimum atomic E-state index is -2.94. The van der Waals surface area contributed by atoms with Crippen molar-refractivity contribution in [2.75, 3.05) is 31.7 Å². The third kappa shape index (κ3) is 5.37. The van der Waals surface area contributed by atoms with Crippen LogP contribution in [0, 0.1) is 0 Å². The van der Waals surface area contributed by atoms with Crippen molar-refractivity contribution in [2.45, 2.75) is 19.5 Å². The third-order valence-electron chi connectivity index (χ3n) is 4.55. The van der Waals surface area contributed by atoms with Crippen LogP contribution in [0.3, 0.4) is 0 Å². The first-order valence-corrected chi connectivity index (χ1v) is 9.38. The number of hydrogen-bond acceptors (Lipinski definition) is 5. The molecule has 0 bridgehead atoms. The zero-order valence-electron chi connectivity index (χ0n) is 16.4. The fraction of sp³-hybridized carbons (Fsp3) is 0.333. The van der Waals surface area contributed by atoms with Gasteiger partial charge in [0.15, 0.2) is 18.1 Å². The predicted molar refractivity (Wildman–Crippen MR) is 105 cm³/mol. The highest BCUT2D eigenvalue weighted by molar-refractivity contribution is 5.98. The lowest BCUT2D eigenvalue weighted by Gasteiger charge is -2.29. The smallest absolute Gasteiger partial charge is 0.387 e. The van der Waals surface area contributed by atoms with Crippen LogP contribution in [0.5, 0.6) is 17.2 Å². The van der Waals surface area contributed by atoms with Gasteiger partial charge in [-0.2, -0.15) is 8.78 Å². The van der Waals surface area contributed by atoms with Crippen molar-refractivity contribution in [3.05, 3.63) is 48.0 Å². The van der Waals surface area contributed by atoms with E-state index in [4.69, 9.17) is 9.47 Å². The van der Waals surface area contributed by atoms with Gasteiger partial charge in [-0.05, 0) is 36.2 Å². The molecule has 0 aromatic heterocycles. The van der Waals surface area contributed by atoms with E-state index in [9.17, 15) is 18.4 Å². The maximum absolute atomic E-state index is 12.4. The van der Waals surface area contributed by atoms with Crippen LogP contribution in [0.15, 0.2) is 42.5 Å². The van der Waals surface area contributed by atoms with E-state index in [2.05, 4.69) is 10.1 Å². The van der Waals surface area contributed by atoms with Crippen LogP contribution in [0.25, 0.3) is 0 Å². The summed E-state index contributed by atoms with van der Waals surface area (Å²) < 4.78 is 39.6. The van der Waals surface area contributed by atoms with E-state index in [0.717, 1.165) is 5.56 Å². The molecule has 160 valence electrons. The summed E-state index contributed by atoms with van der Waals surface area (Å²) in [4.78, 5) is 25.9. The Labute approximate surface area is 172 Å². The molecule has 1 aliphatic rings. The van der Waals surface area contributed by atoms with E-state index in [-0.39, 0.29) is 42.9 Å². The maximum atomic E-state index is 12.4. The molecule has 2 aromatic carbocycles. The summed E-state index contributed by atoms with van der Waals surface area (Å²) in [5, 5.41) is 2.79. The molecule has 0 saturated heterocycles. The van der Waals surface area contributed by atoms with E-state index in [0.29, 0.717) is 24.4 Å². The quantitative estimate of drug-likeness (QED) is 0.675. The van der Waals surface area contributed by atoms with Gasteiger partial charge in [0.1, 0.15) is 5.75 Å². The van der Waals surface area contributed by atoms with Gasteiger partial charge in [0.25, 0.3) is 5.91 Å². The first kappa shape index (κ1) is 21.4. The van der Waals surface area contributed by atoms with Gasteiger partial charge in [-0.1, -0.05) is 18.2 Å². The van der Waals surface area contributed by atoms with Crippen molar-refractivity contribution >= 4 is 17.5 Å². The zero-order valence-corrected chi connectivity index (χ0v) is 16.4. The number of nitrogens with zero attached hydrogens (tertiary/aromatic N) is 1. The summed E-state index contributed by atoms with van der Waals surface area (Å²) in [7, 11) is 1.37. The SMILES string of the molecule is COc1cc(CCNC(=O)CCN2C(=O)COc3ccccc32)ccc1OC(F)F. The fourth-order valence-corrected chi connectivity index (χ4v) is 3.11. The van der Waals surface area contributed by atoms with E-state index in [1.807, 2.05) is 6.07 Å². The second-order valence-electron chi connectivity index (χ2n) is 6.52. The molecule has 1 aliphatic heterocycles. The number of carbonyl (C=O) groups excluding carboxylic acids is 2. The zero-order chi connectivity index (χ0) is 21.5. The van der Waals surface area contributed by atoms with Gasteiger partial charge in [0, 0.05) is 19.5 Å². The summed E-state index contributed by atoms with van der Waals surface area (Å²) in [6.45, 7) is -2.39. The van der Waals surface area contributed by atoms with Crippen LogP contribution in [-0.2, 0) is 16.0 Å². The summed E-state index contributed by atoms with van der Waals surface area (Å²) in [6, 6.07) is 11.8. The highest BCUT2D eigenvalue weighted by Gasteiger charge is 2.25. The molecular weight excluding hydrogens is 398 g/mol. The summed E-state index contributed by atoms with van der Waals surface area (Å²) >= 11 is 0. The number of hydrogen-bond donors (Lipinski definition) is 1. The number of fused-ring (bicyclic) bond motifs is 1. The van der Waals surface area contributed by atoms with Gasteiger partial charge in [-0.15, -0.1) is 0 Å². The van der Waals surface area contributed by atoms with Gasteiger partial charge in [0.2, 0.25) is 5.91 Å². The Morgan fingerprint density at radius 3 is 2.80 bits per heavy atom. The summed E-state index contributed by atoms with van der Waals surface area (Å²) in [5.41, 5.74) is 1.45. The molecule has 3 rings (SSSR count). The minimum Gasteiger partial charge on any atom is -0.493 e. The van der Waals surface area contributed by atoms with Gasteiger partial charge in [-0.3, -0.25) is 9.59 Å². The normalized spacial score (nSPS) is 12.9. The molecule has 1 heterocycles. The number of amides is 2. The number of anilines is 1. The first-order valence-electron chi connectivity index (χ1n) is 9.38. The number of carbonyl (C=O) groups is 2. The monoisotopic (exact) mass is 420 g/mol. The number of nitrogens with one attached hydrogen (secondary N) is 1. The van der Waals surface area contributed by atoms with Crippen LogP contribution < -0.4 is 24.4 Å². The average Bonchev–Trinajstić information content (AvgIpc) is 2.73. The number of benzene rings is 2. The van der Waals surface area contributed by atoms with E-state index >= 15 is 0 Å². The molecule has 0 spiro atoms. The molecule has 0 unspecified atom stereocenters. The van der Waals surface area contributed by atoms with Crippen LogP contribution >= 0.6 is 0 Å². The van der Waals surface area contributed by atoms with Crippen LogP contribution in [0.4, 0.5) is 14.5 Å². The molecular formula is C21H22F2N2O5. The Hall–Kier alpha value is -3.36. The Morgan fingerprint density at radius 1 is 1.23 bits per heavy atom. The van der Waals surface area contributed by atoms with Crippen LogP contribution in [0.1, 0.15) is 12.0 Å². The predicted octanol–water partition coefficient (Wildman–Crippen LogP) is 2.77. The lowest BCUT2D eigenvalue weighted by molar-refractivity contribution is -0.122. The molecule has 0 saturated carbocycles. The van der Waals surface area contributed by atoms with Crippen molar-refractivity contribution in [2.24, 2.45) is 0 Å². The number of alkyl halides is 2. The number of halogens is 2. The van der Waals surface area contributed by atoms with Crippen molar-refractivity contribution in [3.8, 4) is 17.2 Å². The molecule has 9 heteroatoms. The Kier molecular flexibility index (Phi) is 7.05. The second kappa shape index (κ2) is 9.91. The molecule has 2 aromatic rings. The Balaban J connectivity index is 1.48. The lowest BCUT2D eigenvalue weighted by atomic mass is 10.1. The minimum absolute atomic E-state index is 0.0456. The van der Waals surface area contributed by atoms with Crippen molar-refractivity contribution in [3.63, 3.8) is 0 Å². The lowest BCUT2D eigenvalue weighted by Crippen LogP contribution is -2.41. The molecule has 0 fully saturated rings. The van der Waals surface area contributed by atoms with Gasteiger partial charge in [-0.25, -0.2) is 0 Å². The maximum Gasteiger partial charge on any atom is 0.387 e. The highest BCUT2D eigenvalue weighted by Crippen LogP contribution is 2.31. The summed E-state index contributed by atoms with van der Waals surface area (Å²) in [6.07, 6.45) is 0.626. The van der Waals surface area contributed by atoms with Gasteiger partial charge >= 0.3 is 6.61 Å². The fourth-order valence-electron chi connectivity index (χ4n) is 3.11. The molecule has 0 atom stereocenters. The van der Waals surface area contributed by atoms with E-state index in [1.54, 1.807) is 35.2 Å². The number of rotatable bonds is 9.